The fraction of sp³-hybridized carbons (Fsp3) is 0.538. The van der Waals surface area contributed by atoms with Gasteiger partial charge in [0.05, 0.1) is 7.11 Å². The van der Waals surface area contributed by atoms with Crippen LogP contribution in [0.5, 0.6) is 11.5 Å². The molecule has 2 aromatic carbocycles. The lowest BCUT2D eigenvalue weighted by Crippen LogP contribution is -2.39. The number of fused-ring (bicyclic) bond motifs is 5. The number of benzene rings is 2. The van der Waals surface area contributed by atoms with E-state index in [2.05, 4.69) is 25.1 Å². The predicted molar refractivity (Wildman–Crippen MR) is 118 cm³/mol. The molecule has 5 rings (SSSR count). The lowest BCUT2D eigenvalue weighted by molar-refractivity contribution is 0.0598. The number of aryl methyl sites for hydroxylation is 1. The van der Waals surface area contributed by atoms with Crippen molar-refractivity contribution in [1.29, 1.82) is 0 Å². The third-order valence-corrected chi connectivity index (χ3v) is 7.93. The van der Waals surface area contributed by atoms with Crippen molar-refractivity contribution in [3.05, 3.63) is 59.2 Å². The van der Waals surface area contributed by atoms with Gasteiger partial charge < -0.3 is 15.6 Å². The second-order valence-corrected chi connectivity index (χ2v) is 9.40. The van der Waals surface area contributed by atoms with Crippen LogP contribution in [0, 0.1) is 17.3 Å². The van der Waals surface area contributed by atoms with Crippen LogP contribution < -0.4 is 10.5 Å². The van der Waals surface area contributed by atoms with Gasteiger partial charge in [-0.3, -0.25) is 0 Å². The van der Waals surface area contributed by atoms with E-state index in [1.165, 1.54) is 44.9 Å². The molecule has 3 aliphatic rings. The van der Waals surface area contributed by atoms with Crippen molar-refractivity contribution < 1.29 is 9.84 Å². The maximum absolute atomic E-state index is 9.03. The Morgan fingerprint density at radius 2 is 1.93 bits per heavy atom. The summed E-state index contributed by atoms with van der Waals surface area (Å²) in [4.78, 5) is 0. The van der Waals surface area contributed by atoms with Gasteiger partial charge in [0.1, 0.15) is 11.5 Å². The molecule has 156 valence electrons. The quantitative estimate of drug-likeness (QED) is 0.679. The van der Waals surface area contributed by atoms with Gasteiger partial charge in [0.15, 0.2) is 0 Å². The number of para-hydroxylation sites is 1. The molecule has 0 aliphatic heterocycles. The van der Waals surface area contributed by atoms with Crippen LogP contribution in [0.15, 0.2) is 42.5 Å². The zero-order valence-corrected chi connectivity index (χ0v) is 17.9. The van der Waals surface area contributed by atoms with Crippen LogP contribution in [-0.2, 0) is 13.0 Å². The van der Waals surface area contributed by atoms with E-state index in [0.717, 1.165) is 29.1 Å². The summed E-state index contributed by atoms with van der Waals surface area (Å²) in [7, 11) is 1.78. The van der Waals surface area contributed by atoms with Crippen LogP contribution in [0.4, 0.5) is 0 Å². The Morgan fingerprint density at radius 1 is 1.10 bits per heavy atom. The largest absolute Gasteiger partial charge is 0.508 e. The molecule has 0 spiro atoms. The molecule has 4 unspecified atom stereocenters. The molecule has 3 N–H and O–H groups in total. The fourth-order valence-corrected chi connectivity index (χ4v) is 6.36. The zero-order chi connectivity index (χ0) is 20.4. The Balaban J connectivity index is 0.000000192. The van der Waals surface area contributed by atoms with Crippen molar-refractivity contribution in [2.75, 3.05) is 7.11 Å². The summed E-state index contributed by atoms with van der Waals surface area (Å²) in [6, 6.07) is 13.9. The fourth-order valence-electron chi connectivity index (χ4n) is 6.36. The monoisotopic (exact) mass is 393 g/mol. The Bertz CT molecular complexity index is 848. The lowest BCUT2D eigenvalue weighted by Gasteiger charge is -2.49. The van der Waals surface area contributed by atoms with Gasteiger partial charge in [-0.15, -0.1) is 0 Å². The smallest absolute Gasteiger partial charge is 0.120 e. The van der Waals surface area contributed by atoms with Crippen LogP contribution in [0.1, 0.15) is 68.1 Å². The molecule has 3 heteroatoms. The first-order chi connectivity index (χ1) is 14.1. The SMILES string of the molecule is COc1ccc2c(c1)CCC1C2CCC2(C)CCCC12.NCc1ccccc1O. The Labute approximate surface area is 175 Å². The average molecular weight is 394 g/mol. The van der Waals surface area contributed by atoms with Crippen molar-refractivity contribution in [2.24, 2.45) is 23.0 Å². The highest BCUT2D eigenvalue weighted by Crippen LogP contribution is 2.60. The van der Waals surface area contributed by atoms with E-state index in [4.69, 9.17) is 15.6 Å². The number of phenolic OH excluding ortho intramolecular Hbond substituents is 1. The number of hydrogen-bond acceptors (Lipinski definition) is 3. The second-order valence-electron chi connectivity index (χ2n) is 9.40. The van der Waals surface area contributed by atoms with E-state index >= 15 is 0 Å². The highest BCUT2D eigenvalue weighted by Gasteiger charge is 2.50. The van der Waals surface area contributed by atoms with Gasteiger partial charge in [0, 0.05) is 12.1 Å². The predicted octanol–water partition coefficient (Wildman–Crippen LogP) is 5.79. The molecule has 0 amide bonds. The molecule has 2 aromatic rings. The van der Waals surface area contributed by atoms with Gasteiger partial charge in [0.25, 0.3) is 0 Å². The molecular formula is C26H35NO2. The minimum atomic E-state index is 0.278. The molecule has 0 heterocycles. The molecule has 0 aromatic heterocycles. The zero-order valence-electron chi connectivity index (χ0n) is 17.9. The summed E-state index contributed by atoms with van der Waals surface area (Å²) >= 11 is 0. The molecule has 4 atom stereocenters. The van der Waals surface area contributed by atoms with Gasteiger partial charge >= 0.3 is 0 Å². The lowest BCUT2D eigenvalue weighted by atomic mass is 9.56. The summed E-state index contributed by atoms with van der Waals surface area (Å²) in [5.74, 6) is 4.10. The topological polar surface area (TPSA) is 55.5 Å². The van der Waals surface area contributed by atoms with Crippen molar-refractivity contribution in [3.63, 3.8) is 0 Å². The number of phenols is 1. The number of ether oxygens (including phenoxy) is 1. The third-order valence-electron chi connectivity index (χ3n) is 7.93. The summed E-state index contributed by atoms with van der Waals surface area (Å²) in [5, 5.41) is 9.03. The number of nitrogens with two attached hydrogens (primary N) is 1. The van der Waals surface area contributed by atoms with E-state index < -0.39 is 0 Å². The summed E-state index contributed by atoms with van der Waals surface area (Å²) in [5.41, 5.74) is 9.96. The Morgan fingerprint density at radius 3 is 2.66 bits per heavy atom. The number of methoxy groups -OCH3 is 1. The van der Waals surface area contributed by atoms with Crippen LogP contribution in [0.3, 0.4) is 0 Å². The van der Waals surface area contributed by atoms with Crippen LogP contribution >= 0.6 is 0 Å². The van der Waals surface area contributed by atoms with Gasteiger partial charge in [-0.05, 0) is 91.0 Å². The molecule has 3 nitrogen and oxygen atoms in total. The van der Waals surface area contributed by atoms with E-state index in [1.54, 1.807) is 36.4 Å². The maximum atomic E-state index is 9.03. The third kappa shape index (κ3) is 3.90. The van der Waals surface area contributed by atoms with Crippen molar-refractivity contribution in [1.82, 2.24) is 0 Å². The van der Waals surface area contributed by atoms with Crippen LogP contribution in [0.25, 0.3) is 0 Å². The minimum Gasteiger partial charge on any atom is -0.508 e. The van der Waals surface area contributed by atoms with E-state index in [-0.39, 0.29) is 5.75 Å². The Hall–Kier alpha value is -2.00. The highest BCUT2D eigenvalue weighted by atomic mass is 16.5. The normalized spacial score (nSPS) is 29.7. The maximum Gasteiger partial charge on any atom is 0.120 e. The summed E-state index contributed by atoms with van der Waals surface area (Å²) in [6.45, 7) is 2.97. The Kier molecular flexibility index (Phi) is 5.87. The number of rotatable bonds is 2. The first-order valence-electron chi connectivity index (χ1n) is 11.2. The van der Waals surface area contributed by atoms with Crippen molar-refractivity contribution in [3.8, 4) is 11.5 Å². The van der Waals surface area contributed by atoms with E-state index in [1.807, 2.05) is 6.07 Å². The molecule has 2 fully saturated rings. The first-order valence-corrected chi connectivity index (χ1v) is 11.2. The molecule has 29 heavy (non-hydrogen) atoms. The van der Waals surface area contributed by atoms with E-state index in [0.29, 0.717) is 12.0 Å². The van der Waals surface area contributed by atoms with Gasteiger partial charge in [-0.2, -0.15) is 0 Å². The molecule has 0 radical (unpaired) electrons. The van der Waals surface area contributed by atoms with Crippen LogP contribution in [0.2, 0.25) is 0 Å². The summed E-state index contributed by atoms with van der Waals surface area (Å²) < 4.78 is 5.40. The molecule has 0 saturated heterocycles. The minimum absolute atomic E-state index is 0.278. The number of hydrogen-bond donors (Lipinski definition) is 2. The standard InChI is InChI=1S/C19H26O.C7H9NO/c1-19-10-3-4-18(19)17-7-5-13-12-14(20-2)6-8-15(13)16(17)9-11-19;8-5-6-3-1-2-4-7(6)9/h6,8,12,16-18H,3-5,7,9-11H2,1-2H3;1-4,9H,5,8H2. The summed E-state index contributed by atoms with van der Waals surface area (Å²) in [6.07, 6.45) is 9.98. The van der Waals surface area contributed by atoms with Gasteiger partial charge in [-0.1, -0.05) is 37.6 Å². The molecule has 2 saturated carbocycles. The van der Waals surface area contributed by atoms with Gasteiger partial charge in [-0.25, -0.2) is 0 Å². The molecule has 3 aliphatic carbocycles. The highest BCUT2D eigenvalue weighted by molar-refractivity contribution is 5.40. The van der Waals surface area contributed by atoms with Gasteiger partial charge in [0.2, 0.25) is 0 Å². The van der Waals surface area contributed by atoms with Crippen molar-refractivity contribution in [2.45, 2.75) is 64.3 Å². The van der Waals surface area contributed by atoms with Crippen molar-refractivity contribution >= 4 is 0 Å². The molecular weight excluding hydrogens is 358 g/mol. The first kappa shape index (κ1) is 20.3. The van der Waals surface area contributed by atoms with Crippen LogP contribution in [-0.4, -0.2) is 12.2 Å². The average Bonchev–Trinajstić information content (AvgIpc) is 3.15. The van der Waals surface area contributed by atoms with E-state index in [9.17, 15) is 0 Å². The molecule has 0 bridgehead atoms. The number of aromatic hydroxyl groups is 1. The second kappa shape index (κ2) is 8.39.